The fourth-order valence-electron chi connectivity index (χ4n) is 2.53. The molecule has 0 aliphatic carbocycles. The predicted octanol–water partition coefficient (Wildman–Crippen LogP) is 5.85. The topological polar surface area (TPSA) is 40.2 Å². The Bertz CT molecular complexity index is 578. The Hall–Kier alpha value is 0.580. The van der Waals surface area contributed by atoms with Gasteiger partial charge < -0.3 is 18.1 Å². The average molecular weight is 438 g/mol. The molecule has 0 N–H and O–H groups in total. The number of nitrogens with zero attached hydrogens (tertiary/aromatic N) is 1. The van der Waals surface area contributed by atoms with Crippen LogP contribution in [0.5, 0.6) is 0 Å². The van der Waals surface area contributed by atoms with Crippen molar-refractivity contribution in [1.82, 2.24) is 4.44 Å². The monoisotopic (exact) mass is 437 g/mol. The molecular weight excluding hydrogens is 408 g/mol. The van der Waals surface area contributed by atoms with E-state index >= 15 is 0 Å². The summed E-state index contributed by atoms with van der Waals surface area (Å²) in [5.41, 5.74) is 1.04. The molecule has 0 bridgehead atoms. The first kappa shape index (κ1) is 21.3. The molecule has 5 nitrogen and oxygen atoms in total. The van der Waals surface area contributed by atoms with Gasteiger partial charge in [0.25, 0.3) is 0 Å². The Kier molecular flexibility index (Phi) is 6.37. The van der Waals surface area contributed by atoms with Crippen LogP contribution in [-0.2, 0) is 24.6 Å². The van der Waals surface area contributed by atoms with E-state index in [2.05, 4.69) is 39.8 Å². The Morgan fingerprint density at radius 2 is 1.19 bits per heavy atom. The van der Waals surface area contributed by atoms with Gasteiger partial charge >= 0.3 is 0 Å². The predicted molar refractivity (Wildman–Crippen MR) is 115 cm³/mol. The molecule has 26 heavy (non-hydrogen) atoms. The van der Waals surface area contributed by atoms with Crippen LogP contribution in [0.2, 0.25) is 0 Å². The highest BCUT2D eigenvalue weighted by atomic mass is 32.7. The van der Waals surface area contributed by atoms with Crippen LogP contribution >= 0.6 is 38.6 Å². The number of benzene rings is 1. The van der Waals surface area contributed by atoms with Gasteiger partial charge in [0.15, 0.2) is 0 Å². The molecule has 0 unspecified atom stereocenters. The van der Waals surface area contributed by atoms with E-state index in [1.165, 1.54) is 0 Å². The molecule has 0 spiro atoms. The zero-order valence-electron chi connectivity index (χ0n) is 15.8. The summed E-state index contributed by atoms with van der Waals surface area (Å²) < 4.78 is 26.7. The minimum atomic E-state index is -2.64. The summed E-state index contributed by atoms with van der Waals surface area (Å²) in [5, 5.41) is 0. The van der Waals surface area contributed by atoms with Gasteiger partial charge in [-0.25, -0.2) is 0 Å². The second-order valence-electron chi connectivity index (χ2n) is 8.42. The number of rotatable bonds is 4. The summed E-state index contributed by atoms with van der Waals surface area (Å²) in [4.78, 5) is 0. The lowest BCUT2D eigenvalue weighted by molar-refractivity contribution is 0.0284. The third-order valence-corrected chi connectivity index (χ3v) is 12.5. The number of thiol groups is 2. The zero-order chi connectivity index (χ0) is 19.1. The maximum atomic E-state index is 6.18. The van der Waals surface area contributed by atoms with Gasteiger partial charge in [0.2, 0.25) is 14.1 Å². The SMILES string of the molecule is CC1(C)CO[P](S)(N(Cc2ccccc2)[P]2(S)OCC(C)(C)CO2)OC1. The second-order valence-corrected chi connectivity index (χ2v) is 15.7. The maximum Gasteiger partial charge on any atom is 0.236 e. The lowest BCUT2D eigenvalue weighted by atomic mass is 9.97. The molecule has 1 aromatic rings. The highest BCUT2D eigenvalue weighted by molar-refractivity contribution is 8.55. The normalized spacial score (nSPS) is 26.6. The van der Waals surface area contributed by atoms with Crippen molar-refractivity contribution in [3.8, 4) is 0 Å². The minimum Gasteiger partial charge on any atom is -0.320 e. The lowest BCUT2D eigenvalue weighted by Gasteiger charge is -2.54. The van der Waals surface area contributed by atoms with Gasteiger partial charge in [0.05, 0.1) is 26.4 Å². The Morgan fingerprint density at radius 1 is 0.808 bits per heavy atom. The van der Waals surface area contributed by atoms with Crippen LogP contribution < -0.4 is 0 Å². The molecule has 9 heteroatoms. The molecule has 3 rings (SSSR count). The van der Waals surface area contributed by atoms with Crippen molar-refractivity contribution in [2.75, 3.05) is 26.4 Å². The molecule has 0 atom stereocenters. The van der Waals surface area contributed by atoms with E-state index in [4.69, 9.17) is 42.6 Å². The quantitative estimate of drug-likeness (QED) is 0.457. The zero-order valence-corrected chi connectivity index (χ0v) is 19.4. The molecule has 0 amide bonds. The van der Waals surface area contributed by atoms with E-state index in [9.17, 15) is 0 Å². The van der Waals surface area contributed by atoms with Crippen LogP contribution in [0.15, 0.2) is 30.3 Å². The highest BCUT2D eigenvalue weighted by Gasteiger charge is 2.53. The molecule has 2 aliphatic rings. The first-order chi connectivity index (χ1) is 12.0. The van der Waals surface area contributed by atoms with Crippen molar-refractivity contribution in [2.24, 2.45) is 10.8 Å². The first-order valence-corrected chi connectivity index (χ1v) is 14.1. The van der Waals surface area contributed by atoms with Crippen molar-refractivity contribution in [2.45, 2.75) is 34.2 Å². The van der Waals surface area contributed by atoms with Gasteiger partial charge in [-0.3, -0.25) is 0 Å². The van der Waals surface area contributed by atoms with Crippen LogP contribution in [0.25, 0.3) is 0 Å². The van der Waals surface area contributed by atoms with Crippen LogP contribution in [0.3, 0.4) is 0 Å². The van der Waals surface area contributed by atoms with Crippen molar-refractivity contribution in [1.29, 1.82) is 0 Å². The summed E-state index contributed by atoms with van der Waals surface area (Å²) in [5.74, 6) is 0. The Balaban J connectivity index is 1.87. The van der Waals surface area contributed by atoms with Gasteiger partial charge in [-0.2, -0.15) is 4.44 Å². The van der Waals surface area contributed by atoms with Gasteiger partial charge in [-0.1, -0.05) is 82.5 Å². The summed E-state index contributed by atoms with van der Waals surface area (Å²) in [6.07, 6.45) is 0. The number of hydrogen-bond acceptors (Lipinski definition) is 7. The van der Waals surface area contributed by atoms with E-state index < -0.39 is 14.1 Å². The third kappa shape index (κ3) is 4.94. The van der Waals surface area contributed by atoms with E-state index in [1.54, 1.807) is 0 Å². The summed E-state index contributed by atoms with van der Waals surface area (Å²) >= 11 is 9.74. The molecule has 2 saturated heterocycles. The highest BCUT2D eigenvalue weighted by Crippen LogP contribution is 2.86. The smallest absolute Gasteiger partial charge is 0.236 e. The second kappa shape index (κ2) is 7.78. The standard InChI is InChI=1S/C17H29NO4P2S2/c1-16(2)11-19-23(25,20-12-16)18(10-15-8-6-5-7-9-15)24(26)21-13-17(3,4)14-22-24/h5-9,25-26H,10-14H2,1-4H3. The fourth-order valence-corrected chi connectivity index (χ4v) is 11.3. The first-order valence-electron chi connectivity index (χ1n) is 8.68. The summed E-state index contributed by atoms with van der Waals surface area (Å²) in [7, 11) is -5.29. The molecule has 2 radical (unpaired) electrons. The van der Waals surface area contributed by atoms with Crippen molar-refractivity contribution in [3.05, 3.63) is 35.9 Å². The third-order valence-electron chi connectivity index (χ3n) is 4.24. The molecular formula is C17H29NO4P2S2. The van der Waals surface area contributed by atoms with Gasteiger partial charge in [0, 0.05) is 17.4 Å². The van der Waals surface area contributed by atoms with E-state index in [0.717, 1.165) is 5.56 Å². The molecule has 1 aromatic carbocycles. The minimum absolute atomic E-state index is 0.0386. The van der Waals surface area contributed by atoms with Gasteiger partial charge in [0.1, 0.15) is 0 Å². The molecule has 148 valence electrons. The average Bonchev–Trinajstić information content (AvgIpc) is 2.60. The molecule has 0 saturated carbocycles. The van der Waals surface area contributed by atoms with E-state index in [0.29, 0.717) is 33.0 Å². The maximum absolute atomic E-state index is 6.18. The Morgan fingerprint density at radius 3 is 1.58 bits per heavy atom. The summed E-state index contributed by atoms with van der Waals surface area (Å²) in [6, 6.07) is 10.1. The molecule has 2 heterocycles. The summed E-state index contributed by atoms with van der Waals surface area (Å²) in [6.45, 7) is 11.3. The van der Waals surface area contributed by atoms with Crippen LogP contribution in [0.4, 0.5) is 0 Å². The van der Waals surface area contributed by atoms with Crippen molar-refractivity contribution >= 4 is 38.6 Å². The fraction of sp³-hybridized carbons (Fsp3) is 0.647. The van der Waals surface area contributed by atoms with Crippen LogP contribution in [0.1, 0.15) is 33.3 Å². The van der Waals surface area contributed by atoms with Gasteiger partial charge in [-0.15, -0.1) is 0 Å². The lowest BCUT2D eigenvalue weighted by Crippen LogP contribution is -2.39. The van der Waals surface area contributed by atoms with Crippen LogP contribution in [0, 0.1) is 10.8 Å². The van der Waals surface area contributed by atoms with Gasteiger partial charge in [-0.05, 0) is 5.56 Å². The molecule has 2 fully saturated rings. The molecule has 2 aliphatic heterocycles. The largest absolute Gasteiger partial charge is 0.320 e. The van der Waals surface area contributed by atoms with Crippen molar-refractivity contribution in [3.63, 3.8) is 0 Å². The number of hydrogen-bond donors (Lipinski definition) is 2. The Labute approximate surface area is 168 Å². The van der Waals surface area contributed by atoms with Crippen LogP contribution in [-0.4, -0.2) is 30.9 Å². The van der Waals surface area contributed by atoms with E-state index in [1.807, 2.05) is 22.6 Å². The molecule has 0 aromatic heterocycles. The van der Waals surface area contributed by atoms with E-state index in [-0.39, 0.29) is 10.8 Å². The van der Waals surface area contributed by atoms with Crippen molar-refractivity contribution < 1.29 is 18.1 Å².